The van der Waals surface area contributed by atoms with Crippen LogP contribution in [0.15, 0.2) is 48.5 Å². The number of carbonyl (C=O) groups excluding carboxylic acids is 1. The molecular formula is C21H24F3N3O3. The lowest BCUT2D eigenvalue weighted by Crippen LogP contribution is -2.52. The SMILES string of the molecule is COc1ccc(N2CCN([C@@H](C)C(=O)Nc3ccc(OC(F)(F)F)cc3)CC2)cc1. The molecule has 1 aliphatic heterocycles. The van der Waals surface area contributed by atoms with Crippen molar-refractivity contribution in [3.05, 3.63) is 48.5 Å². The van der Waals surface area contributed by atoms with Crippen LogP contribution in [0.25, 0.3) is 0 Å². The quantitative estimate of drug-likeness (QED) is 0.767. The van der Waals surface area contributed by atoms with E-state index in [4.69, 9.17) is 4.74 Å². The second-order valence-corrected chi connectivity index (χ2v) is 6.96. The molecule has 1 saturated heterocycles. The van der Waals surface area contributed by atoms with Gasteiger partial charge < -0.3 is 19.7 Å². The molecular weight excluding hydrogens is 399 g/mol. The van der Waals surface area contributed by atoms with Crippen LogP contribution in [-0.4, -0.2) is 56.5 Å². The summed E-state index contributed by atoms with van der Waals surface area (Å²) in [6, 6.07) is 12.6. The van der Waals surface area contributed by atoms with Gasteiger partial charge in [0.05, 0.1) is 13.2 Å². The first-order chi connectivity index (χ1) is 14.2. The Hall–Kier alpha value is -2.94. The number of amides is 1. The van der Waals surface area contributed by atoms with Crippen molar-refractivity contribution in [1.82, 2.24) is 4.90 Å². The van der Waals surface area contributed by atoms with Gasteiger partial charge in [-0.3, -0.25) is 9.69 Å². The molecule has 0 aromatic heterocycles. The Labute approximate surface area is 173 Å². The van der Waals surface area contributed by atoms with Crippen LogP contribution in [0.4, 0.5) is 24.5 Å². The fourth-order valence-electron chi connectivity index (χ4n) is 3.31. The van der Waals surface area contributed by atoms with Gasteiger partial charge in [0.1, 0.15) is 11.5 Å². The van der Waals surface area contributed by atoms with Crippen LogP contribution in [0, 0.1) is 0 Å². The maximum atomic E-state index is 12.6. The van der Waals surface area contributed by atoms with Crippen molar-refractivity contribution in [2.24, 2.45) is 0 Å². The first-order valence-electron chi connectivity index (χ1n) is 9.55. The molecule has 0 unspecified atom stereocenters. The number of alkyl halides is 3. The zero-order valence-corrected chi connectivity index (χ0v) is 16.8. The normalized spacial score (nSPS) is 16.1. The lowest BCUT2D eigenvalue weighted by Gasteiger charge is -2.38. The summed E-state index contributed by atoms with van der Waals surface area (Å²) in [6.07, 6.45) is -4.74. The summed E-state index contributed by atoms with van der Waals surface area (Å²) in [5.41, 5.74) is 1.52. The van der Waals surface area contributed by atoms with Crippen molar-refractivity contribution in [1.29, 1.82) is 0 Å². The van der Waals surface area contributed by atoms with Gasteiger partial charge in [0.2, 0.25) is 5.91 Å². The number of nitrogens with zero attached hydrogens (tertiary/aromatic N) is 2. The summed E-state index contributed by atoms with van der Waals surface area (Å²) in [6.45, 7) is 4.83. The molecule has 1 atom stereocenters. The van der Waals surface area contributed by atoms with Gasteiger partial charge in [-0.1, -0.05) is 0 Å². The van der Waals surface area contributed by atoms with Gasteiger partial charge in [-0.15, -0.1) is 13.2 Å². The van der Waals surface area contributed by atoms with Crippen LogP contribution in [-0.2, 0) is 4.79 Å². The second-order valence-electron chi connectivity index (χ2n) is 6.96. The van der Waals surface area contributed by atoms with Gasteiger partial charge in [-0.05, 0) is 55.5 Å². The first kappa shape index (κ1) is 21.8. The van der Waals surface area contributed by atoms with Crippen LogP contribution in [0.3, 0.4) is 0 Å². The van der Waals surface area contributed by atoms with Crippen LogP contribution in [0.5, 0.6) is 11.5 Å². The zero-order chi connectivity index (χ0) is 21.7. The molecule has 0 bridgehead atoms. The number of halogens is 3. The van der Waals surface area contributed by atoms with Crippen molar-refractivity contribution < 1.29 is 27.4 Å². The Morgan fingerprint density at radius 3 is 2.07 bits per heavy atom. The molecule has 0 aliphatic carbocycles. The van der Waals surface area contributed by atoms with E-state index < -0.39 is 6.36 Å². The molecule has 1 heterocycles. The number of benzene rings is 2. The highest BCUT2D eigenvalue weighted by atomic mass is 19.4. The number of piperazine rings is 1. The number of ether oxygens (including phenoxy) is 2. The molecule has 9 heteroatoms. The van der Waals surface area contributed by atoms with E-state index in [2.05, 4.69) is 19.9 Å². The van der Waals surface area contributed by atoms with E-state index in [-0.39, 0.29) is 17.7 Å². The molecule has 0 saturated carbocycles. The molecule has 3 rings (SSSR count). The van der Waals surface area contributed by atoms with Crippen LogP contribution < -0.4 is 19.7 Å². The monoisotopic (exact) mass is 423 g/mol. The molecule has 2 aromatic rings. The average Bonchev–Trinajstić information content (AvgIpc) is 2.74. The summed E-state index contributed by atoms with van der Waals surface area (Å²) in [7, 11) is 1.63. The van der Waals surface area contributed by atoms with E-state index in [9.17, 15) is 18.0 Å². The maximum absolute atomic E-state index is 12.6. The van der Waals surface area contributed by atoms with Crippen LogP contribution in [0.2, 0.25) is 0 Å². The summed E-state index contributed by atoms with van der Waals surface area (Å²) in [5, 5.41) is 2.74. The predicted molar refractivity (Wildman–Crippen MR) is 108 cm³/mol. The van der Waals surface area contributed by atoms with Gasteiger partial charge >= 0.3 is 6.36 Å². The highest BCUT2D eigenvalue weighted by molar-refractivity contribution is 5.94. The third kappa shape index (κ3) is 5.79. The fourth-order valence-corrected chi connectivity index (χ4v) is 3.31. The smallest absolute Gasteiger partial charge is 0.497 e. The Balaban J connectivity index is 1.50. The predicted octanol–water partition coefficient (Wildman–Crippen LogP) is 3.74. The minimum absolute atomic E-state index is 0.211. The molecule has 6 nitrogen and oxygen atoms in total. The van der Waals surface area contributed by atoms with Crippen molar-refractivity contribution in [3.8, 4) is 11.5 Å². The first-order valence-corrected chi connectivity index (χ1v) is 9.55. The largest absolute Gasteiger partial charge is 0.573 e. The molecule has 1 N–H and O–H groups in total. The van der Waals surface area contributed by atoms with E-state index in [1.807, 2.05) is 31.2 Å². The third-order valence-corrected chi connectivity index (χ3v) is 5.03. The number of nitrogens with one attached hydrogen (secondary N) is 1. The highest BCUT2D eigenvalue weighted by Crippen LogP contribution is 2.24. The highest BCUT2D eigenvalue weighted by Gasteiger charge is 2.31. The van der Waals surface area contributed by atoms with Gasteiger partial charge in [0.15, 0.2) is 0 Å². The summed E-state index contributed by atoms with van der Waals surface area (Å²) >= 11 is 0. The molecule has 2 aromatic carbocycles. The minimum Gasteiger partial charge on any atom is -0.497 e. The van der Waals surface area contributed by atoms with Gasteiger partial charge in [0, 0.05) is 37.6 Å². The molecule has 0 radical (unpaired) electrons. The second kappa shape index (κ2) is 9.25. The van der Waals surface area contributed by atoms with Crippen molar-refractivity contribution in [2.75, 3.05) is 43.5 Å². The standard InChI is InChI=1S/C21H24F3N3O3/c1-15(20(28)25-16-3-7-19(8-4-16)30-21(22,23)24)26-11-13-27(14-12-26)17-5-9-18(29-2)10-6-17/h3-10,15H,11-14H2,1-2H3,(H,25,28)/t15-/m0/s1. The van der Waals surface area contributed by atoms with Crippen molar-refractivity contribution in [3.63, 3.8) is 0 Å². The van der Waals surface area contributed by atoms with Crippen molar-refractivity contribution in [2.45, 2.75) is 19.3 Å². The van der Waals surface area contributed by atoms with Crippen LogP contribution in [0.1, 0.15) is 6.92 Å². The van der Waals surface area contributed by atoms with E-state index >= 15 is 0 Å². The zero-order valence-electron chi connectivity index (χ0n) is 16.8. The topological polar surface area (TPSA) is 54.0 Å². The molecule has 162 valence electrons. The summed E-state index contributed by atoms with van der Waals surface area (Å²) < 4.78 is 45.7. The van der Waals surface area contributed by atoms with E-state index in [1.165, 1.54) is 24.3 Å². The Morgan fingerprint density at radius 2 is 1.53 bits per heavy atom. The number of methoxy groups -OCH3 is 1. The van der Waals surface area contributed by atoms with Gasteiger partial charge in [-0.2, -0.15) is 0 Å². The Kier molecular flexibility index (Phi) is 6.71. The number of anilines is 2. The van der Waals surface area contributed by atoms with E-state index in [1.54, 1.807) is 7.11 Å². The number of hydrogen-bond donors (Lipinski definition) is 1. The Morgan fingerprint density at radius 1 is 0.967 bits per heavy atom. The molecule has 1 fully saturated rings. The lowest BCUT2D eigenvalue weighted by atomic mass is 10.2. The summed E-state index contributed by atoms with van der Waals surface area (Å²) in [4.78, 5) is 16.9. The summed E-state index contributed by atoms with van der Waals surface area (Å²) in [5.74, 6) is 0.265. The lowest BCUT2D eigenvalue weighted by molar-refractivity contribution is -0.274. The maximum Gasteiger partial charge on any atom is 0.573 e. The average molecular weight is 423 g/mol. The molecule has 1 aliphatic rings. The molecule has 30 heavy (non-hydrogen) atoms. The van der Waals surface area contributed by atoms with Crippen LogP contribution >= 0.6 is 0 Å². The fraction of sp³-hybridized carbons (Fsp3) is 0.381. The van der Waals surface area contributed by atoms with Crippen molar-refractivity contribution >= 4 is 17.3 Å². The Bertz CT molecular complexity index is 833. The number of hydrogen-bond acceptors (Lipinski definition) is 5. The van der Waals surface area contributed by atoms with E-state index in [0.717, 1.165) is 37.6 Å². The minimum atomic E-state index is -4.74. The van der Waals surface area contributed by atoms with Gasteiger partial charge in [-0.25, -0.2) is 0 Å². The number of rotatable bonds is 6. The third-order valence-electron chi connectivity index (χ3n) is 5.03. The van der Waals surface area contributed by atoms with E-state index in [0.29, 0.717) is 5.69 Å². The molecule has 0 spiro atoms. The van der Waals surface area contributed by atoms with Gasteiger partial charge in [0.25, 0.3) is 0 Å². The number of carbonyl (C=O) groups is 1. The molecule has 1 amide bonds.